The highest BCUT2D eigenvalue weighted by Crippen LogP contribution is 2.12. The zero-order valence-electron chi connectivity index (χ0n) is 9.76. The lowest BCUT2D eigenvalue weighted by atomic mass is 10.0. The number of hydrogen-bond acceptors (Lipinski definition) is 3. The SMILES string of the molecule is C=C(C)COCCNCC1CCOCC1. The van der Waals surface area contributed by atoms with E-state index >= 15 is 0 Å². The molecule has 1 saturated heterocycles. The number of nitrogens with one attached hydrogen (secondary N) is 1. The molecular formula is C12H23NO2. The van der Waals surface area contributed by atoms with Gasteiger partial charge in [-0.2, -0.15) is 0 Å². The van der Waals surface area contributed by atoms with Gasteiger partial charge in [0.05, 0.1) is 13.2 Å². The molecule has 1 aliphatic rings. The third kappa shape index (κ3) is 6.66. The Morgan fingerprint density at radius 1 is 1.47 bits per heavy atom. The van der Waals surface area contributed by atoms with Crippen LogP contribution in [-0.4, -0.2) is 39.5 Å². The molecule has 0 unspecified atom stereocenters. The van der Waals surface area contributed by atoms with Gasteiger partial charge in [-0.25, -0.2) is 0 Å². The van der Waals surface area contributed by atoms with Crippen LogP contribution in [0.25, 0.3) is 0 Å². The maximum Gasteiger partial charge on any atom is 0.0672 e. The van der Waals surface area contributed by atoms with Gasteiger partial charge in [-0.3, -0.25) is 0 Å². The molecule has 0 saturated carbocycles. The van der Waals surface area contributed by atoms with E-state index in [9.17, 15) is 0 Å². The van der Waals surface area contributed by atoms with Crippen molar-refractivity contribution in [3.8, 4) is 0 Å². The van der Waals surface area contributed by atoms with Crippen molar-refractivity contribution in [2.75, 3.05) is 39.5 Å². The lowest BCUT2D eigenvalue weighted by Gasteiger charge is -2.22. The predicted octanol–water partition coefficient (Wildman–Crippen LogP) is 1.60. The van der Waals surface area contributed by atoms with Gasteiger partial charge in [0, 0.05) is 19.8 Å². The van der Waals surface area contributed by atoms with Gasteiger partial charge in [-0.05, 0) is 32.2 Å². The smallest absolute Gasteiger partial charge is 0.0672 e. The Morgan fingerprint density at radius 3 is 2.87 bits per heavy atom. The first kappa shape index (κ1) is 12.7. The summed E-state index contributed by atoms with van der Waals surface area (Å²) in [5.74, 6) is 0.792. The predicted molar refractivity (Wildman–Crippen MR) is 62.0 cm³/mol. The summed E-state index contributed by atoms with van der Waals surface area (Å²) in [4.78, 5) is 0. The molecule has 3 nitrogen and oxygen atoms in total. The van der Waals surface area contributed by atoms with Gasteiger partial charge in [0.25, 0.3) is 0 Å². The van der Waals surface area contributed by atoms with Crippen LogP contribution in [0.1, 0.15) is 19.8 Å². The third-order valence-electron chi connectivity index (χ3n) is 2.55. The van der Waals surface area contributed by atoms with Crippen molar-refractivity contribution in [3.63, 3.8) is 0 Å². The first-order chi connectivity index (χ1) is 7.29. The molecule has 15 heavy (non-hydrogen) atoms. The fourth-order valence-corrected chi connectivity index (χ4v) is 1.65. The second-order valence-corrected chi connectivity index (χ2v) is 4.27. The summed E-state index contributed by atoms with van der Waals surface area (Å²) < 4.78 is 10.7. The quantitative estimate of drug-likeness (QED) is 0.514. The van der Waals surface area contributed by atoms with Gasteiger partial charge in [0.1, 0.15) is 0 Å². The maximum absolute atomic E-state index is 5.40. The monoisotopic (exact) mass is 213 g/mol. The van der Waals surface area contributed by atoms with E-state index in [-0.39, 0.29) is 0 Å². The van der Waals surface area contributed by atoms with Crippen molar-refractivity contribution in [2.45, 2.75) is 19.8 Å². The fraction of sp³-hybridized carbons (Fsp3) is 0.833. The summed E-state index contributed by atoms with van der Waals surface area (Å²) in [5, 5.41) is 3.42. The van der Waals surface area contributed by atoms with E-state index in [4.69, 9.17) is 9.47 Å². The number of rotatable bonds is 7. The molecule has 1 rings (SSSR count). The standard InChI is InChI=1S/C12H23NO2/c1-11(2)10-15-8-5-13-9-12-3-6-14-7-4-12/h12-13H,1,3-10H2,2H3. The van der Waals surface area contributed by atoms with E-state index in [1.54, 1.807) is 0 Å². The molecule has 0 atom stereocenters. The average molecular weight is 213 g/mol. The second kappa shape index (κ2) is 7.85. The van der Waals surface area contributed by atoms with E-state index in [0.29, 0.717) is 6.61 Å². The van der Waals surface area contributed by atoms with E-state index in [1.165, 1.54) is 12.8 Å². The summed E-state index contributed by atoms with van der Waals surface area (Å²) in [6.07, 6.45) is 2.39. The average Bonchev–Trinajstić information content (AvgIpc) is 2.24. The maximum atomic E-state index is 5.40. The van der Waals surface area contributed by atoms with Crippen LogP contribution in [0.2, 0.25) is 0 Å². The molecule has 0 aromatic carbocycles. The highest BCUT2D eigenvalue weighted by atomic mass is 16.5. The lowest BCUT2D eigenvalue weighted by molar-refractivity contribution is 0.0654. The van der Waals surface area contributed by atoms with Crippen molar-refractivity contribution in [2.24, 2.45) is 5.92 Å². The van der Waals surface area contributed by atoms with E-state index in [2.05, 4.69) is 11.9 Å². The summed E-state index contributed by atoms with van der Waals surface area (Å²) in [5.41, 5.74) is 1.08. The Labute approximate surface area is 92.8 Å². The van der Waals surface area contributed by atoms with Crippen LogP contribution in [0.5, 0.6) is 0 Å². The Morgan fingerprint density at radius 2 is 2.20 bits per heavy atom. The Kier molecular flexibility index (Phi) is 6.64. The first-order valence-corrected chi connectivity index (χ1v) is 5.79. The summed E-state index contributed by atoms with van der Waals surface area (Å²) in [6.45, 7) is 11.1. The van der Waals surface area contributed by atoms with Crippen LogP contribution in [-0.2, 0) is 9.47 Å². The van der Waals surface area contributed by atoms with Gasteiger partial charge in [0.15, 0.2) is 0 Å². The second-order valence-electron chi connectivity index (χ2n) is 4.27. The zero-order chi connectivity index (χ0) is 10.9. The molecule has 0 bridgehead atoms. The van der Waals surface area contributed by atoms with Crippen molar-refractivity contribution < 1.29 is 9.47 Å². The minimum absolute atomic E-state index is 0.680. The molecule has 88 valence electrons. The molecule has 3 heteroatoms. The first-order valence-electron chi connectivity index (χ1n) is 5.79. The van der Waals surface area contributed by atoms with E-state index < -0.39 is 0 Å². The molecule has 1 fully saturated rings. The lowest BCUT2D eigenvalue weighted by Crippen LogP contribution is -2.30. The van der Waals surface area contributed by atoms with Crippen LogP contribution >= 0.6 is 0 Å². The highest BCUT2D eigenvalue weighted by Gasteiger charge is 2.12. The van der Waals surface area contributed by atoms with E-state index in [1.807, 2.05) is 6.92 Å². The van der Waals surface area contributed by atoms with Gasteiger partial charge in [-0.1, -0.05) is 12.2 Å². The summed E-state index contributed by atoms with van der Waals surface area (Å²) in [6, 6.07) is 0. The molecule has 0 amide bonds. The van der Waals surface area contributed by atoms with Crippen molar-refractivity contribution >= 4 is 0 Å². The van der Waals surface area contributed by atoms with Crippen LogP contribution < -0.4 is 5.32 Å². The zero-order valence-corrected chi connectivity index (χ0v) is 9.76. The number of hydrogen-bond donors (Lipinski definition) is 1. The summed E-state index contributed by atoms with van der Waals surface area (Å²) in [7, 11) is 0. The summed E-state index contributed by atoms with van der Waals surface area (Å²) >= 11 is 0. The minimum atomic E-state index is 0.680. The molecule has 0 aliphatic carbocycles. The van der Waals surface area contributed by atoms with Crippen molar-refractivity contribution in [1.82, 2.24) is 5.32 Å². The van der Waals surface area contributed by atoms with Gasteiger partial charge < -0.3 is 14.8 Å². The number of ether oxygens (including phenoxy) is 2. The Hall–Kier alpha value is -0.380. The fourth-order valence-electron chi connectivity index (χ4n) is 1.65. The largest absolute Gasteiger partial charge is 0.381 e. The molecule has 1 N–H and O–H groups in total. The van der Waals surface area contributed by atoms with Crippen molar-refractivity contribution in [3.05, 3.63) is 12.2 Å². The highest BCUT2D eigenvalue weighted by molar-refractivity contribution is 4.87. The molecule has 0 radical (unpaired) electrons. The Bertz CT molecular complexity index is 176. The molecule has 0 spiro atoms. The van der Waals surface area contributed by atoms with Gasteiger partial charge in [-0.15, -0.1) is 0 Å². The molecule has 0 aromatic rings. The van der Waals surface area contributed by atoms with Gasteiger partial charge >= 0.3 is 0 Å². The normalized spacial score (nSPS) is 17.9. The molecule has 1 heterocycles. The van der Waals surface area contributed by atoms with Crippen LogP contribution in [0.4, 0.5) is 0 Å². The van der Waals surface area contributed by atoms with Crippen LogP contribution in [0.15, 0.2) is 12.2 Å². The molecule has 0 aromatic heterocycles. The molecule has 1 aliphatic heterocycles. The Balaban J connectivity index is 1.85. The molecular weight excluding hydrogens is 190 g/mol. The van der Waals surface area contributed by atoms with E-state index in [0.717, 1.165) is 44.4 Å². The van der Waals surface area contributed by atoms with Crippen LogP contribution in [0.3, 0.4) is 0 Å². The topological polar surface area (TPSA) is 30.5 Å². The van der Waals surface area contributed by atoms with Crippen LogP contribution in [0, 0.1) is 5.92 Å². The minimum Gasteiger partial charge on any atom is -0.381 e. The van der Waals surface area contributed by atoms with Gasteiger partial charge in [0.2, 0.25) is 0 Å². The van der Waals surface area contributed by atoms with Crippen molar-refractivity contribution in [1.29, 1.82) is 0 Å². The third-order valence-corrected chi connectivity index (χ3v) is 2.55.